The Morgan fingerprint density at radius 1 is 1.00 bits per heavy atom. The molecule has 34 heavy (non-hydrogen) atoms. The van der Waals surface area contributed by atoms with Gasteiger partial charge >= 0.3 is 0 Å². The van der Waals surface area contributed by atoms with Gasteiger partial charge in [0.2, 0.25) is 0 Å². The van der Waals surface area contributed by atoms with Gasteiger partial charge in [-0.25, -0.2) is 0 Å². The number of hydrogen-bond acceptors (Lipinski definition) is 5. The Kier molecular flexibility index (Phi) is 8.16. The highest BCUT2D eigenvalue weighted by Crippen LogP contribution is 2.40. The number of benzene rings is 3. The molecule has 0 unspecified atom stereocenters. The molecule has 0 atom stereocenters. The van der Waals surface area contributed by atoms with Crippen molar-refractivity contribution in [3.8, 4) is 11.5 Å². The number of thioether (sulfide) groups is 1. The standard InChI is InChI=1S/C26H21Cl2NO3S2/c1-2-31-22-13-18(12-21(28)24(22)32-16-19-10-6-7-11-20(19)27)14-23-25(30)29(26(33)34-23)15-17-8-4-3-5-9-17/h3-14H,2,15-16H2,1H3/b23-14+. The molecule has 0 aromatic heterocycles. The molecule has 1 amide bonds. The second-order valence-electron chi connectivity index (χ2n) is 7.40. The Hall–Kier alpha value is -2.51. The first-order chi connectivity index (χ1) is 16.5. The SMILES string of the molecule is CCOc1cc(/C=C2/SC(=S)N(Cc3ccccc3)C2=O)cc(Cl)c1OCc1ccccc1Cl. The molecule has 0 radical (unpaired) electrons. The average molecular weight is 530 g/mol. The monoisotopic (exact) mass is 529 g/mol. The van der Waals surface area contributed by atoms with Crippen LogP contribution in [0.25, 0.3) is 6.08 Å². The second kappa shape index (κ2) is 11.3. The van der Waals surface area contributed by atoms with E-state index in [0.29, 0.717) is 43.9 Å². The first-order valence-corrected chi connectivity index (χ1v) is 12.6. The van der Waals surface area contributed by atoms with Crippen molar-refractivity contribution in [3.63, 3.8) is 0 Å². The zero-order chi connectivity index (χ0) is 24.1. The molecule has 1 aliphatic heterocycles. The van der Waals surface area contributed by atoms with Crippen molar-refractivity contribution >= 4 is 63.5 Å². The van der Waals surface area contributed by atoms with Gasteiger partial charge in [0.25, 0.3) is 5.91 Å². The number of carbonyl (C=O) groups is 1. The summed E-state index contributed by atoms with van der Waals surface area (Å²) in [4.78, 5) is 15.2. The number of ether oxygens (including phenoxy) is 2. The maximum atomic E-state index is 13.0. The van der Waals surface area contributed by atoms with E-state index in [-0.39, 0.29) is 12.5 Å². The van der Waals surface area contributed by atoms with Gasteiger partial charge in [0, 0.05) is 10.6 Å². The van der Waals surface area contributed by atoms with E-state index in [1.807, 2.05) is 61.5 Å². The number of thiocarbonyl (C=S) groups is 1. The molecule has 1 saturated heterocycles. The number of halogens is 2. The van der Waals surface area contributed by atoms with Crippen molar-refractivity contribution in [2.45, 2.75) is 20.1 Å². The maximum Gasteiger partial charge on any atom is 0.266 e. The topological polar surface area (TPSA) is 38.8 Å². The Labute approximate surface area is 218 Å². The lowest BCUT2D eigenvalue weighted by molar-refractivity contribution is -0.122. The van der Waals surface area contributed by atoms with Gasteiger partial charge in [-0.2, -0.15) is 0 Å². The highest BCUT2D eigenvalue weighted by molar-refractivity contribution is 8.26. The minimum absolute atomic E-state index is 0.132. The van der Waals surface area contributed by atoms with E-state index in [0.717, 1.165) is 16.7 Å². The summed E-state index contributed by atoms with van der Waals surface area (Å²) in [7, 11) is 0. The van der Waals surface area contributed by atoms with Crippen molar-refractivity contribution < 1.29 is 14.3 Å². The fourth-order valence-corrected chi connectivity index (χ4v) is 5.11. The van der Waals surface area contributed by atoms with Gasteiger partial charge in [-0.05, 0) is 42.3 Å². The summed E-state index contributed by atoms with van der Waals surface area (Å²) in [6, 6.07) is 20.8. The van der Waals surface area contributed by atoms with Crippen molar-refractivity contribution in [2.75, 3.05) is 6.61 Å². The van der Waals surface area contributed by atoms with Crippen LogP contribution in [0.1, 0.15) is 23.6 Å². The van der Waals surface area contributed by atoms with Crippen LogP contribution >= 0.6 is 47.2 Å². The molecule has 8 heteroatoms. The van der Waals surface area contributed by atoms with Gasteiger partial charge in [0.15, 0.2) is 11.5 Å². The van der Waals surface area contributed by atoms with Crippen LogP contribution in [0.5, 0.6) is 11.5 Å². The fraction of sp³-hybridized carbons (Fsp3) is 0.154. The van der Waals surface area contributed by atoms with Crippen LogP contribution in [-0.4, -0.2) is 21.7 Å². The van der Waals surface area contributed by atoms with E-state index >= 15 is 0 Å². The van der Waals surface area contributed by atoms with E-state index < -0.39 is 0 Å². The zero-order valence-electron chi connectivity index (χ0n) is 18.3. The quantitative estimate of drug-likeness (QED) is 0.225. The van der Waals surface area contributed by atoms with E-state index in [9.17, 15) is 4.79 Å². The molecule has 0 N–H and O–H groups in total. The smallest absolute Gasteiger partial charge is 0.266 e. The van der Waals surface area contributed by atoms with Crippen molar-refractivity contribution in [1.29, 1.82) is 0 Å². The summed E-state index contributed by atoms with van der Waals surface area (Å²) in [6.45, 7) is 2.99. The van der Waals surface area contributed by atoms with Crippen molar-refractivity contribution in [3.05, 3.63) is 98.4 Å². The predicted octanol–water partition coefficient (Wildman–Crippen LogP) is 7.37. The van der Waals surface area contributed by atoms with Crippen LogP contribution in [0, 0.1) is 0 Å². The molecule has 1 fully saturated rings. The van der Waals surface area contributed by atoms with Gasteiger partial charge in [0.1, 0.15) is 10.9 Å². The van der Waals surface area contributed by atoms with Gasteiger partial charge in [-0.3, -0.25) is 9.69 Å². The lowest BCUT2D eigenvalue weighted by Gasteiger charge is -2.15. The molecule has 1 heterocycles. The third-order valence-electron chi connectivity index (χ3n) is 5.02. The third kappa shape index (κ3) is 5.76. The zero-order valence-corrected chi connectivity index (χ0v) is 21.4. The number of hydrogen-bond donors (Lipinski definition) is 0. The van der Waals surface area contributed by atoms with E-state index in [4.69, 9.17) is 44.9 Å². The van der Waals surface area contributed by atoms with Crippen LogP contribution in [-0.2, 0) is 17.9 Å². The van der Waals surface area contributed by atoms with E-state index in [1.54, 1.807) is 23.1 Å². The minimum atomic E-state index is -0.132. The molecule has 4 rings (SSSR count). The summed E-state index contributed by atoms with van der Waals surface area (Å²) < 4.78 is 12.3. The largest absolute Gasteiger partial charge is 0.490 e. The summed E-state index contributed by atoms with van der Waals surface area (Å²) in [5, 5.41) is 0.995. The number of amides is 1. The summed E-state index contributed by atoms with van der Waals surface area (Å²) in [6.07, 6.45) is 1.77. The summed E-state index contributed by atoms with van der Waals surface area (Å²) in [5.74, 6) is 0.789. The van der Waals surface area contributed by atoms with Gasteiger partial charge in [0.05, 0.1) is 23.1 Å². The van der Waals surface area contributed by atoms with E-state index in [2.05, 4.69) is 0 Å². The lowest BCUT2D eigenvalue weighted by atomic mass is 10.1. The molecule has 0 saturated carbocycles. The highest BCUT2D eigenvalue weighted by Gasteiger charge is 2.32. The predicted molar refractivity (Wildman–Crippen MR) is 144 cm³/mol. The van der Waals surface area contributed by atoms with Gasteiger partial charge in [-0.1, -0.05) is 95.7 Å². The fourth-order valence-electron chi connectivity index (χ4n) is 3.39. The summed E-state index contributed by atoms with van der Waals surface area (Å²) in [5.41, 5.74) is 2.58. The Bertz CT molecular complexity index is 1250. The summed E-state index contributed by atoms with van der Waals surface area (Å²) >= 11 is 19.5. The van der Waals surface area contributed by atoms with Crippen LogP contribution < -0.4 is 9.47 Å². The normalized spacial score (nSPS) is 14.7. The average Bonchev–Trinajstić information content (AvgIpc) is 3.08. The molecule has 4 nitrogen and oxygen atoms in total. The van der Waals surface area contributed by atoms with Gasteiger partial charge < -0.3 is 9.47 Å². The first kappa shape index (κ1) is 24.6. The molecular formula is C26H21Cl2NO3S2. The van der Waals surface area contributed by atoms with Crippen molar-refractivity contribution in [2.24, 2.45) is 0 Å². The Morgan fingerprint density at radius 2 is 1.74 bits per heavy atom. The van der Waals surface area contributed by atoms with Gasteiger partial charge in [-0.15, -0.1) is 0 Å². The van der Waals surface area contributed by atoms with Crippen LogP contribution in [0.3, 0.4) is 0 Å². The number of carbonyl (C=O) groups excluding carboxylic acids is 1. The van der Waals surface area contributed by atoms with Crippen LogP contribution in [0.15, 0.2) is 71.6 Å². The van der Waals surface area contributed by atoms with Crippen LogP contribution in [0.2, 0.25) is 10.0 Å². The molecule has 174 valence electrons. The molecule has 0 spiro atoms. The van der Waals surface area contributed by atoms with Crippen molar-refractivity contribution in [1.82, 2.24) is 4.90 Å². The Morgan fingerprint density at radius 3 is 2.47 bits per heavy atom. The molecule has 3 aromatic rings. The lowest BCUT2D eigenvalue weighted by Crippen LogP contribution is -2.27. The molecule has 0 bridgehead atoms. The number of rotatable bonds is 8. The minimum Gasteiger partial charge on any atom is -0.490 e. The maximum absolute atomic E-state index is 13.0. The number of nitrogens with zero attached hydrogens (tertiary/aromatic N) is 1. The molecule has 3 aromatic carbocycles. The molecular weight excluding hydrogens is 509 g/mol. The highest BCUT2D eigenvalue weighted by atomic mass is 35.5. The van der Waals surface area contributed by atoms with Crippen LogP contribution in [0.4, 0.5) is 0 Å². The van der Waals surface area contributed by atoms with E-state index in [1.165, 1.54) is 11.8 Å². The second-order valence-corrected chi connectivity index (χ2v) is 9.89. The Balaban J connectivity index is 1.56. The molecule has 0 aliphatic carbocycles. The third-order valence-corrected chi connectivity index (χ3v) is 7.04. The first-order valence-electron chi connectivity index (χ1n) is 10.6. The molecule has 1 aliphatic rings.